The summed E-state index contributed by atoms with van der Waals surface area (Å²) < 4.78 is 0. The second-order valence-electron chi connectivity index (χ2n) is 8.53. The van der Waals surface area contributed by atoms with Gasteiger partial charge in [-0.15, -0.1) is 0 Å². The number of hydrogen-bond acceptors (Lipinski definition) is 6. The summed E-state index contributed by atoms with van der Waals surface area (Å²) in [4.78, 5) is 25.5. The van der Waals surface area contributed by atoms with Gasteiger partial charge in [0.05, 0.1) is 11.8 Å². The number of rotatable bonds is 6. The van der Waals surface area contributed by atoms with Crippen LogP contribution in [0, 0.1) is 0 Å². The summed E-state index contributed by atoms with van der Waals surface area (Å²) >= 11 is 0. The van der Waals surface area contributed by atoms with E-state index in [9.17, 15) is 9.90 Å². The molecule has 4 rings (SSSR count). The Labute approximate surface area is 178 Å². The van der Waals surface area contributed by atoms with Gasteiger partial charge in [0, 0.05) is 44.1 Å². The van der Waals surface area contributed by atoms with Gasteiger partial charge in [-0.25, -0.2) is 4.98 Å². The van der Waals surface area contributed by atoms with E-state index >= 15 is 0 Å². The van der Waals surface area contributed by atoms with Gasteiger partial charge in [-0.05, 0) is 56.5 Å². The number of nitrogens with one attached hydrogen (secondary N) is 1. The number of anilines is 1. The summed E-state index contributed by atoms with van der Waals surface area (Å²) in [7, 11) is 0. The molecule has 0 bridgehead atoms. The van der Waals surface area contributed by atoms with Crippen molar-refractivity contribution in [2.75, 3.05) is 37.6 Å². The van der Waals surface area contributed by atoms with E-state index in [1.807, 2.05) is 29.2 Å². The molecule has 1 aromatic heterocycles. The third kappa shape index (κ3) is 5.34. The first-order chi connectivity index (χ1) is 14.6. The van der Waals surface area contributed by atoms with Gasteiger partial charge < -0.3 is 15.3 Å². The highest BCUT2D eigenvalue weighted by Gasteiger charge is 2.34. The lowest BCUT2D eigenvalue weighted by atomic mass is 9.92. The zero-order valence-electron chi connectivity index (χ0n) is 17.5. The van der Waals surface area contributed by atoms with Crippen molar-refractivity contribution in [2.24, 2.45) is 0 Å². The Balaban J connectivity index is 1.30. The quantitative estimate of drug-likeness (QED) is 0.761. The normalized spacial score (nSPS) is 22.6. The molecule has 1 unspecified atom stereocenters. The summed E-state index contributed by atoms with van der Waals surface area (Å²) in [5.41, 5.74) is 0.890. The zero-order valence-corrected chi connectivity index (χ0v) is 17.5. The predicted octanol–water partition coefficient (Wildman–Crippen LogP) is 2.22. The molecule has 7 heteroatoms. The summed E-state index contributed by atoms with van der Waals surface area (Å²) in [6.07, 6.45) is 10.4. The van der Waals surface area contributed by atoms with Gasteiger partial charge in [0.1, 0.15) is 5.82 Å². The number of piperidine rings is 2. The van der Waals surface area contributed by atoms with Crippen LogP contribution in [-0.4, -0.2) is 64.2 Å². The van der Waals surface area contributed by atoms with Gasteiger partial charge in [0.15, 0.2) is 0 Å². The van der Waals surface area contributed by atoms with E-state index in [1.165, 1.54) is 24.8 Å². The SMILES string of the molecule is O=C(NCC1(O)CCCN(c2cnccn2)C1)c1ccc(CN2CCCCC2)cc1. The van der Waals surface area contributed by atoms with Gasteiger partial charge in [0.25, 0.3) is 5.91 Å². The Morgan fingerprint density at radius 3 is 2.60 bits per heavy atom. The number of aromatic nitrogens is 2. The first-order valence-corrected chi connectivity index (χ1v) is 10.9. The molecule has 2 saturated heterocycles. The number of aliphatic hydroxyl groups is 1. The Morgan fingerprint density at radius 2 is 1.87 bits per heavy atom. The highest BCUT2D eigenvalue weighted by atomic mass is 16.3. The van der Waals surface area contributed by atoms with E-state index in [-0.39, 0.29) is 12.5 Å². The van der Waals surface area contributed by atoms with Crippen LogP contribution in [0.4, 0.5) is 5.82 Å². The molecule has 2 aromatic rings. The Morgan fingerprint density at radius 1 is 1.07 bits per heavy atom. The second kappa shape index (κ2) is 9.53. The van der Waals surface area contributed by atoms with Crippen molar-refractivity contribution in [3.63, 3.8) is 0 Å². The monoisotopic (exact) mass is 409 g/mol. The molecule has 2 fully saturated rings. The van der Waals surface area contributed by atoms with Crippen molar-refractivity contribution in [2.45, 2.75) is 44.2 Å². The first kappa shape index (κ1) is 20.8. The maximum Gasteiger partial charge on any atom is 0.251 e. The van der Waals surface area contributed by atoms with Crippen LogP contribution in [0.25, 0.3) is 0 Å². The molecule has 1 aromatic carbocycles. The van der Waals surface area contributed by atoms with Gasteiger partial charge in [-0.2, -0.15) is 0 Å². The Hall–Kier alpha value is -2.51. The number of benzene rings is 1. The lowest BCUT2D eigenvalue weighted by Gasteiger charge is -2.39. The summed E-state index contributed by atoms with van der Waals surface area (Å²) in [5.74, 6) is 0.607. The van der Waals surface area contributed by atoms with Gasteiger partial charge in [0.2, 0.25) is 0 Å². The standard InChI is InChI=1S/C23H31N5O2/c29-22(20-7-5-19(6-8-20)16-27-12-2-1-3-13-27)26-17-23(30)9-4-14-28(18-23)21-15-24-10-11-25-21/h5-8,10-11,15,30H,1-4,9,12-14,16-18H2,(H,26,29). The fraction of sp³-hybridized carbons (Fsp3) is 0.522. The molecule has 0 radical (unpaired) electrons. The molecule has 2 aliphatic rings. The predicted molar refractivity (Wildman–Crippen MR) is 116 cm³/mol. The maximum atomic E-state index is 12.6. The van der Waals surface area contributed by atoms with Crippen LogP contribution >= 0.6 is 0 Å². The number of β-amino-alcohol motifs (C(OH)–C–C–N with tert-alkyl or cyclic N) is 1. The second-order valence-corrected chi connectivity index (χ2v) is 8.53. The molecular formula is C23H31N5O2. The van der Waals surface area contributed by atoms with Crippen molar-refractivity contribution >= 4 is 11.7 Å². The van der Waals surface area contributed by atoms with Gasteiger partial charge >= 0.3 is 0 Å². The Bertz CT molecular complexity index is 823. The minimum Gasteiger partial charge on any atom is -0.386 e. The fourth-order valence-electron chi connectivity index (χ4n) is 4.39. The van der Waals surface area contributed by atoms with E-state index in [0.717, 1.165) is 38.4 Å². The minimum atomic E-state index is -0.973. The number of amides is 1. The maximum absolute atomic E-state index is 12.6. The van der Waals surface area contributed by atoms with E-state index in [0.29, 0.717) is 18.5 Å². The molecule has 0 spiro atoms. The summed E-state index contributed by atoms with van der Waals surface area (Å²) in [6, 6.07) is 7.83. The van der Waals surface area contributed by atoms with Crippen LogP contribution in [0.2, 0.25) is 0 Å². The zero-order chi connectivity index (χ0) is 20.8. The van der Waals surface area contributed by atoms with Gasteiger partial charge in [-0.3, -0.25) is 14.7 Å². The molecule has 1 atom stereocenters. The molecule has 7 nitrogen and oxygen atoms in total. The number of nitrogens with zero attached hydrogens (tertiary/aromatic N) is 4. The molecule has 0 saturated carbocycles. The van der Waals surface area contributed by atoms with Crippen molar-refractivity contribution in [3.05, 3.63) is 54.0 Å². The van der Waals surface area contributed by atoms with Crippen LogP contribution in [0.3, 0.4) is 0 Å². The molecule has 160 valence electrons. The third-order valence-corrected chi connectivity index (χ3v) is 6.08. The van der Waals surface area contributed by atoms with Crippen LogP contribution in [0.5, 0.6) is 0 Å². The third-order valence-electron chi connectivity index (χ3n) is 6.08. The van der Waals surface area contributed by atoms with Crippen molar-refractivity contribution < 1.29 is 9.90 Å². The summed E-state index contributed by atoms with van der Waals surface area (Å²) in [6.45, 7) is 4.74. The highest BCUT2D eigenvalue weighted by Crippen LogP contribution is 2.24. The average Bonchev–Trinajstić information content (AvgIpc) is 2.79. The van der Waals surface area contributed by atoms with Crippen LogP contribution in [0.1, 0.15) is 48.0 Å². The Kier molecular flexibility index (Phi) is 6.59. The van der Waals surface area contributed by atoms with Crippen LogP contribution < -0.4 is 10.2 Å². The average molecular weight is 410 g/mol. The summed E-state index contributed by atoms with van der Waals surface area (Å²) in [5, 5.41) is 13.9. The molecule has 0 aliphatic carbocycles. The molecular weight excluding hydrogens is 378 g/mol. The van der Waals surface area contributed by atoms with Crippen LogP contribution in [-0.2, 0) is 6.54 Å². The fourth-order valence-corrected chi connectivity index (χ4v) is 4.39. The molecule has 30 heavy (non-hydrogen) atoms. The minimum absolute atomic E-state index is 0.149. The largest absolute Gasteiger partial charge is 0.386 e. The highest BCUT2D eigenvalue weighted by molar-refractivity contribution is 5.94. The van der Waals surface area contributed by atoms with Gasteiger partial charge in [-0.1, -0.05) is 18.6 Å². The lowest BCUT2D eigenvalue weighted by Crippen LogP contribution is -2.54. The van der Waals surface area contributed by atoms with E-state index < -0.39 is 5.60 Å². The van der Waals surface area contributed by atoms with Crippen molar-refractivity contribution in [3.8, 4) is 0 Å². The molecule has 1 amide bonds. The molecule has 2 aliphatic heterocycles. The molecule has 3 heterocycles. The van der Waals surface area contributed by atoms with Crippen LogP contribution in [0.15, 0.2) is 42.9 Å². The van der Waals surface area contributed by atoms with E-state index in [2.05, 4.69) is 20.2 Å². The smallest absolute Gasteiger partial charge is 0.251 e. The van der Waals surface area contributed by atoms with Crippen molar-refractivity contribution in [1.82, 2.24) is 20.2 Å². The number of likely N-dealkylation sites (tertiary alicyclic amines) is 1. The van der Waals surface area contributed by atoms with Crippen molar-refractivity contribution in [1.29, 1.82) is 0 Å². The topological polar surface area (TPSA) is 81.6 Å². The van der Waals surface area contributed by atoms with E-state index in [4.69, 9.17) is 0 Å². The molecule has 2 N–H and O–H groups in total. The number of carbonyl (C=O) groups excluding carboxylic acids is 1. The van der Waals surface area contributed by atoms with E-state index in [1.54, 1.807) is 18.6 Å². The number of carbonyl (C=O) groups is 1. The first-order valence-electron chi connectivity index (χ1n) is 10.9. The number of hydrogen-bond donors (Lipinski definition) is 2. The lowest BCUT2D eigenvalue weighted by molar-refractivity contribution is 0.0254.